The summed E-state index contributed by atoms with van der Waals surface area (Å²) in [5.41, 5.74) is 7.55. The molecular formula is C24H24N2O. The van der Waals surface area contributed by atoms with Crippen LogP contribution in [0.2, 0.25) is 0 Å². The minimum absolute atomic E-state index is 0.127. The molecule has 0 saturated carbocycles. The Morgan fingerprint density at radius 1 is 1.15 bits per heavy atom. The second-order valence-electron chi connectivity index (χ2n) is 7.63. The van der Waals surface area contributed by atoms with E-state index >= 15 is 0 Å². The summed E-state index contributed by atoms with van der Waals surface area (Å²) >= 11 is 0. The van der Waals surface area contributed by atoms with Crippen LogP contribution in [-0.2, 0) is 6.42 Å². The van der Waals surface area contributed by atoms with E-state index in [1.54, 1.807) is 0 Å². The van der Waals surface area contributed by atoms with Gasteiger partial charge < -0.3 is 9.32 Å². The lowest BCUT2D eigenvalue weighted by atomic mass is 9.85. The highest BCUT2D eigenvalue weighted by molar-refractivity contribution is 5.90. The molecule has 2 aromatic carbocycles. The van der Waals surface area contributed by atoms with Crippen LogP contribution in [0.3, 0.4) is 0 Å². The van der Waals surface area contributed by atoms with Crippen LogP contribution in [0.25, 0.3) is 16.7 Å². The van der Waals surface area contributed by atoms with E-state index in [-0.39, 0.29) is 6.17 Å². The first kappa shape index (κ1) is 16.4. The molecule has 1 aliphatic carbocycles. The first-order valence-electron chi connectivity index (χ1n) is 9.80. The molecule has 1 aromatic heterocycles. The average molecular weight is 356 g/mol. The van der Waals surface area contributed by atoms with E-state index in [2.05, 4.69) is 67.3 Å². The van der Waals surface area contributed by atoms with Gasteiger partial charge in [-0.2, -0.15) is 0 Å². The summed E-state index contributed by atoms with van der Waals surface area (Å²) in [6.45, 7) is 4.30. The number of hydrogen-bond acceptors (Lipinski definition) is 3. The maximum atomic E-state index is 5.64. The quantitative estimate of drug-likeness (QED) is 0.572. The molecule has 0 amide bonds. The van der Waals surface area contributed by atoms with Gasteiger partial charge in [0.15, 0.2) is 0 Å². The van der Waals surface area contributed by atoms with Gasteiger partial charge in [-0.15, -0.1) is 0 Å². The van der Waals surface area contributed by atoms with Gasteiger partial charge in [0.1, 0.15) is 11.7 Å². The Hall–Kier alpha value is -2.81. The predicted octanol–water partition coefficient (Wildman–Crippen LogP) is 5.89. The van der Waals surface area contributed by atoms with Crippen molar-refractivity contribution in [1.29, 1.82) is 0 Å². The van der Waals surface area contributed by atoms with Gasteiger partial charge in [0.05, 0.1) is 12.3 Å². The fraction of sp³-hybridized carbons (Fsp3) is 0.292. The minimum atomic E-state index is 0.127. The number of benzene rings is 2. The van der Waals surface area contributed by atoms with Crippen LogP contribution in [-0.4, -0.2) is 17.3 Å². The molecule has 27 heavy (non-hydrogen) atoms. The van der Waals surface area contributed by atoms with E-state index in [9.17, 15) is 0 Å². The van der Waals surface area contributed by atoms with Gasteiger partial charge in [0, 0.05) is 17.3 Å². The highest BCUT2D eigenvalue weighted by Gasteiger charge is 2.31. The van der Waals surface area contributed by atoms with E-state index < -0.39 is 0 Å². The van der Waals surface area contributed by atoms with Gasteiger partial charge in [-0.05, 0) is 79.6 Å². The number of aliphatic imine (C=N–C) groups is 1. The van der Waals surface area contributed by atoms with Crippen molar-refractivity contribution in [2.75, 3.05) is 0 Å². The molecular weight excluding hydrogens is 332 g/mol. The van der Waals surface area contributed by atoms with Crippen LogP contribution in [0.4, 0.5) is 0 Å². The third-order valence-electron chi connectivity index (χ3n) is 5.95. The predicted molar refractivity (Wildman–Crippen MR) is 111 cm³/mol. The summed E-state index contributed by atoms with van der Waals surface area (Å²) in [6.07, 6.45) is 9.65. The zero-order valence-electron chi connectivity index (χ0n) is 15.9. The maximum absolute atomic E-state index is 5.64. The topological polar surface area (TPSA) is 28.7 Å². The fourth-order valence-corrected chi connectivity index (χ4v) is 4.60. The molecule has 5 rings (SSSR count). The van der Waals surface area contributed by atoms with Gasteiger partial charge in [0.25, 0.3) is 0 Å². The van der Waals surface area contributed by atoms with Gasteiger partial charge in [0.2, 0.25) is 0 Å². The molecule has 0 fully saturated rings. The van der Waals surface area contributed by atoms with E-state index in [0.717, 1.165) is 5.58 Å². The van der Waals surface area contributed by atoms with Crippen molar-refractivity contribution in [3.05, 3.63) is 77.1 Å². The Bertz CT molecular complexity index is 1060. The van der Waals surface area contributed by atoms with Crippen molar-refractivity contribution in [2.24, 2.45) is 4.99 Å². The van der Waals surface area contributed by atoms with Crippen LogP contribution in [0.1, 0.15) is 48.1 Å². The van der Waals surface area contributed by atoms with Crippen LogP contribution >= 0.6 is 0 Å². The number of allylic oxidation sites excluding steroid dienone is 1. The van der Waals surface area contributed by atoms with E-state index in [4.69, 9.17) is 9.41 Å². The molecule has 0 radical (unpaired) electrons. The van der Waals surface area contributed by atoms with Crippen LogP contribution in [0.15, 0.2) is 64.2 Å². The minimum Gasteiger partial charge on any atom is -0.464 e. The molecule has 3 aromatic rings. The van der Waals surface area contributed by atoms with Crippen molar-refractivity contribution >= 4 is 22.9 Å². The van der Waals surface area contributed by atoms with Crippen LogP contribution in [0.5, 0.6) is 0 Å². The number of hydrogen-bond donors (Lipinski definition) is 0. The van der Waals surface area contributed by atoms with Crippen LogP contribution < -0.4 is 0 Å². The molecule has 3 heteroatoms. The largest absolute Gasteiger partial charge is 0.464 e. The summed E-state index contributed by atoms with van der Waals surface area (Å²) in [5, 5.41) is 1.19. The van der Waals surface area contributed by atoms with Gasteiger partial charge in [-0.3, -0.25) is 4.99 Å². The van der Waals surface area contributed by atoms with E-state index in [0.29, 0.717) is 6.04 Å². The molecule has 1 aliphatic heterocycles. The monoisotopic (exact) mass is 356 g/mol. The Balaban J connectivity index is 1.61. The second kappa shape index (κ2) is 6.41. The van der Waals surface area contributed by atoms with Crippen LogP contribution in [0, 0.1) is 6.92 Å². The number of furan rings is 1. The summed E-state index contributed by atoms with van der Waals surface area (Å²) in [5.74, 6) is 0. The highest BCUT2D eigenvalue weighted by Crippen LogP contribution is 2.41. The molecule has 2 aliphatic rings. The fourth-order valence-electron chi connectivity index (χ4n) is 4.60. The number of rotatable bonds is 2. The van der Waals surface area contributed by atoms with Crippen molar-refractivity contribution in [2.45, 2.75) is 45.3 Å². The summed E-state index contributed by atoms with van der Waals surface area (Å²) in [4.78, 5) is 7.22. The van der Waals surface area contributed by atoms with E-state index in [1.807, 2.05) is 12.5 Å². The summed E-state index contributed by atoms with van der Waals surface area (Å²) in [6, 6.07) is 15.8. The molecule has 2 heterocycles. The standard InChI is InChI=1S/C24H24N2O/c1-16-15-27-24-11-10-19(14-21(16)24)22-12-13-25-17(2)26(22)23-9-5-7-18-6-3-4-8-20(18)23/h3-4,6,8,10-15,17,23H,5,7,9H2,1-2H3/t17?,23-/m1/s1. The number of fused-ring (bicyclic) bond motifs is 2. The van der Waals surface area contributed by atoms with Crippen molar-refractivity contribution in [3.63, 3.8) is 0 Å². The molecule has 0 bridgehead atoms. The number of aryl methyl sites for hydroxylation is 2. The Morgan fingerprint density at radius 2 is 2.04 bits per heavy atom. The van der Waals surface area contributed by atoms with Gasteiger partial charge >= 0.3 is 0 Å². The molecule has 1 unspecified atom stereocenters. The smallest absolute Gasteiger partial charge is 0.134 e. The highest BCUT2D eigenvalue weighted by atomic mass is 16.3. The first-order chi connectivity index (χ1) is 13.2. The molecule has 2 atom stereocenters. The molecule has 0 N–H and O–H groups in total. The molecule has 136 valence electrons. The first-order valence-corrected chi connectivity index (χ1v) is 9.80. The maximum Gasteiger partial charge on any atom is 0.134 e. The van der Waals surface area contributed by atoms with Gasteiger partial charge in [-0.25, -0.2) is 0 Å². The lowest BCUT2D eigenvalue weighted by Crippen LogP contribution is -2.37. The number of nitrogens with zero attached hydrogens (tertiary/aromatic N) is 2. The zero-order chi connectivity index (χ0) is 18.4. The lowest BCUT2D eigenvalue weighted by molar-refractivity contribution is 0.216. The van der Waals surface area contributed by atoms with E-state index in [1.165, 1.54) is 52.6 Å². The van der Waals surface area contributed by atoms with Crippen molar-refractivity contribution < 1.29 is 4.42 Å². The Labute approximate surface area is 160 Å². The summed E-state index contributed by atoms with van der Waals surface area (Å²) < 4.78 is 5.64. The zero-order valence-corrected chi connectivity index (χ0v) is 15.9. The SMILES string of the molecule is Cc1coc2ccc(C3=CC=NC(C)N3[C@@H]3CCCc4ccccc43)cc12. The normalized spacial score (nSPS) is 22.0. The second-order valence-corrected chi connectivity index (χ2v) is 7.63. The molecule has 0 saturated heterocycles. The van der Waals surface area contributed by atoms with Gasteiger partial charge in [-0.1, -0.05) is 24.3 Å². The molecule has 0 spiro atoms. The average Bonchev–Trinajstić information content (AvgIpc) is 3.08. The van der Waals surface area contributed by atoms with Crippen molar-refractivity contribution in [3.8, 4) is 0 Å². The third kappa shape index (κ3) is 2.69. The lowest BCUT2D eigenvalue weighted by Gasteiger charge is -2.42. The Kier molecular flexibility index (Phi) is 3.89. The third-order valence-corrected chi connectivity index (χ3v) is 5.95. The summed E-state index contributed by atoms with van der Waals surface area (Å²) in [7, 11) is 0. The molecule has 3 nitrogen and oxygen atoms in total. The Morgan fingerprint density at radius 3 is 2.96 bits per heavy atom. The van der Waals surface area contributed by atoms with Crippen molar-refractivity contribution in [1.82, 2.24) is 4.90 Å².